The highest BCUT2D eigenvalue weighted by molar-refractivity contribution is 6.04. The summed E-state index contributed by atoms with van der Waals surface area (Å²) in [4.78, 5) is 24.0. The van der Waals surface area contributed by atoms with Crippen molar-refractivity contribution in [3.8, 4) is 0 Å². The van der Waals surface area contributed by atoms with Crippen LogP contribution in [0.1, 0.15) is 22.3 Å². The summed E-state index contributed by atoms with van der Waals surface area (Å²) in [7, 11) is 1.51. The lowest BCUT2D eigenvalue weighted by Gasteiger charge is -2.12. The van der Waals surface area contributed by atoms with E-state index in [9.17, 15) is 14.0 Å². The molecule has 8 heteroatoms. The summed E-state index contributed by atoms with van der Waals surface area (Å²) in [6.07, 6.45) is -0.0990. The molecule has 0 bridgehead atoms. The Kier molecular flexibility index (Phi) is 9.42. The molecule has 2 amide bonds. The minimum atomic E-state index is -0.363. The first kappa shape index (κ1) is 22.6. The maximum Gasteiger partial charge on any atom is 0.255 e. The van der Waals surface area contributed by atoms with E-state index in [1.165, 1.54) is 31.4 Å². The highest BCUT2D eigenvalue weighted by atomic mass is 35.5. The number of anilines is 1. The molecule has 0 aliphatic heterocycles. The molecule has 4 N–H and O–H groups in total. The predicted octanol–water partition coefficient (Wildman–Crippen LogP) is 2.48. The molecule has 1 atom stereocenters. The van der Waals surface area contributed by atoms with Gasteiger partial charge in [-0.15, -0.1) is 12.4 Å². The van der Waals surface area contributed by atoms with Crippen LogP contribution in [0.2, 0.25) is 0 Å². The van der Waals surface area contributed by atoms with Crippen LogP contribution in [0.4, 0.5) is 10.1 Å². The summed E-state index contributed by atoms with van der Waals surface area (Å²) in [6.45, 7) is 0.626. The number of hydrogen-bond donors (Lipinski definition) is 3. The first-order valence-corrected chi connectivity index (χ1v) is 8.17. The fourth-order valence-electron chi connectivity index (χ4n) is 2.25. The lowest BCUT2D eigenvalue weighted by molar-refractivity contribution is -0.123. The van der Waals surface area contributed by atoms with Gasteiger partial charge in [0.25, 0.3) is 5.91 Å². The van der Waals surface area contributed by atoms with E-state index in [1.807, 2.05) is 0 Å². The van der Waals surface area contributed by atoms with Crippen LogP contribution < -0.4 is 16.4 Å². The molecule has 146 valence electrons. The molecule has 0 fully saturated rings. The fourth-order valence-corrected chi connectivity index (χ4v) is 2.25. The molecule has 6 nitrogen and oxygen atoms in total. The van der Waals surface area contributed by atoms with Crippen molar-refractivity contribution in [2.45, 2.75) is 19.1 Å². The molecule has 2 rings (SSSR count). The SMILES string of the molecule is COC(CN)CC(=O)NCc1ccc(C(=O)Nc2ccc(F)cc2)cc1.Cl. The minimum Gasteiger partial charge on any atom is -0.380 e. The van der Waals surface area contributed by atoms with Crippen LogP contribution in [0.3, 0.4) is 0 Å². The largest absolute Gasteiger partial charge is 0.380 e. The Hall–Kier alpha value is -2.48. The molecule has 0 heterocycles. The highest BCUT2D eigenvalue weighted by Gasteiger charge is 2.11. The molecule has 0 aromatic heterocycles. The second-order valence-electron chi connectivity index (χ2n) is 5.73. The van der Waals surface area contributed by atoms with Gasteiger partial charge in [0.15, 0.2) is 0 Å². The topological polar surface area (TPSA) is 93.4 Å². The molecule has 0 spiro atoms. The summed E-state index contributed by atoms with van der Waals surface area (Å²) in [5.41, 5.74) is 7.32. The van der Waals surface area contributed by atoms with Crippen molar-refractivity contribution in [1.82, 2.24) is 5.32 Å². The monoisotopic (exact) mass is 395 g/mol. The van der Waals surface area contributed by atoms with Crippen LogP contribution in [0, 0.1) is 5.82 Å². The van der Waals surface area contributed by atoms with Gasteiger partial charge in [-0.05, 0) is 42.0 Å². The van der Waals surface area contributed by atoms with Gasteiger partial charge < -0.3 is 21.1 Å². The zero-order valence-corrected chi connectivity index (χ0v) is 15.7. The third kappa shape index (κ3) is 7.34. The van der Waals surface area contributed by atoms with Crippen LogP contribution in [0.5, 0.6) is 0 Å². The number of nitrogens with two attached hydrogens (primary N) is 1. The molecule has 2 aromatic rings. The Morgan fingerprint density at radius 3 is 2.30 bits per heavy atom. The zero-order valence-electron chi connectivity index (χ0n) is 14.9. The number of carbonyl (C=O) groups is 2. The normalized spacial score (nSPS) is 11.2. The van der Waals surface area contributed by atoms with E-state index in [-0.39, 0.29) is 49.1 Å². The van der Waals surface area contributed by atoms with Crippen LogP contribution in [-0.4, -0.2) is 31.6 Å². The molecule has 0 aliphatic carbocycles. The highest BCUT2D eigenvalue weighted by Crippen LogP contribution is 2.11. The van der Waals surface area contributed by atoms with Gasteiger partial charge in [-0.25, -0.2) is 4.39 Å². The molecular formula is C19H23ClFN3O3. The summed E-state index contributed by atoms with van der Waals surface area (Å²) in [6, 6.07) is 12.4. The minimum absolute atomic E-state index is 0. The lowest BCUT2D eigenvalue weighted by atomic mass is 10.1. The number of hydrogen-bond acceptors (Lipinski definition) is 4. The maximum absolute atomic E-state index is 12.9. The Balaban J connectivity index is 0.00000364. The maximum atomic E-state index is 12.9. The van der Waals surface area contributed by atoms with Gasteiger partial charge in [0.1, 0.15) is 5.82 Å². The Labute approximate surface area is 163 Å². The summed E-state index contributed by atoms with van der Waals surface area (Å²) in [5, 5.41) is 5.47. The second kappa shape index (κ2) is 11.3. The van der Waals surface area contributed by atoms with Crippen molar-refractivity contribution >= 4 is 29.9 Å². The van der Waals surface area contributed by atoms with Gasteiger partial charge in [-0.1, -0.05) is 12.1 Å². The number of carbonyl (C=O) groups excluding carboxylic acids is 2. The Morgan fingerprint density at radius 1 is 1.11 bits per heavy atom. The quantitative estimate of drug-likeness (QED) is 0.640. The molecular weight excluding hydrogens is 373 g/mol. The van der Waals surface area contributed by atoms with Crippen LogP contribution >= 0.6 is 12.4 Å². The average molecular weight is 396 g/mol. The Morgan fingerprint density at radius 2 is 1.74 bits per heavy atom. The van der Waals surface area contributed by atoms with Crippen LogP contribution in [-0.2, 0) is 16.1 Å². The number of amides is 2. The summed E-state index contributed by atoms with van der Waals surface area (Å²) >= 11 is 0. The van der Waals surface area contributed by atoms with E-state index in [0.717, 1.165) is 5.56 Å². The lowest BCUT2D eigenvalue weighted by Crippen LogP contribution is -2.31. The van der Waals surface area contributed by atoms with Crippen molar-refractivity contribution in [3.63, 3.8) is 0 Å². The summed E-state index contributed by atoms with van der Waals surface area (Å²) in [5.74, 6) is -0.809. The number of halogens is 2. The second-order valence-corrected chi connectivity index (χ2v) is 5.73. The number of nitrogens with one attached hydrogen (secondary N) is 2. The molecule has 2 aromatic carbocycles. The van der Waals surface area contributed by atoms with E-state index < -0.39 is 0 Å². The van der Waals surface area contributed by atoms with Gasteiger partial charge in [0, 0.05) is 31.5 Å². The van der Waals surface area contributed by atoms with Gasteiger partial charge in [0.05, 0.1) is 12.5 Å². The number of methoxy groups -OCH3 is 1. The average Bonchev–Trinajstić information content (AvgIpc) is 2.66. The van der Waals surface area contributed by atoms with Gasteiger partial charge in [-0.2, -0.15) is 0 Å². The number of ether oxygens (including phenoxy) is 1. The van der Waals surface area contributed by atoms with E-state index >= 15 is 0 Å². The fraction of sp³-hybridized carbons (Fsp3) is 0.263. The third-order valence-corrected chi connectivity index (χ3v) is 3.82. The third-order valence-electron chi connectivity index (χ3n) is 3.82. The van der Waals surface area contributed by atoms with Crippen LogP contribution in [0.15, 0.2) is 48.5 Å². The zero-order chi connectivity index (χ0) is 18.9. The number of rotatable bonds is 8. The van der Waals surface area contributed by atoms with Crippen molar-refractivity contribution in [1.29, 1.82) is 0 Å². The van der Waals surface area contributed by atoms with Gasteiger partial charge in [-0.3, -0.25) is 9.59 Å². The van der Waals surface area contributed by atoms with Crippen molar-refractivity contribution < 1.29 is 18.7 Å². The molecule has 0 radical (unpaired) electrons. The first-order valence-electron chi connectivity index (χ1n) is 8.17. The Bertz CT molecular complexity index is 735. The van der Waals surface area contributed by atoms with Crippen molar-refractivity contribution in [2.24, 2.45) is 5.73 Å². The van der Waals surface area contributed by atoms with Crippen LogP contribution in [0.25, 0.3) is 0 Å². The van der Waals surface area contributed by atoms with E-state index in [0.29, 0.717) is 17.8 Å². The van der Waals surface area contributed by atoms with Crippen molar-refractivity contribution in [3.05, 3.63) is 65.5 Å². The molecule has 0 aliphatic rings. The molecule has 1 unspecified atom stereocenters. The van der Waals surface area contributed by atoms with E-state index in [1.54, 1.807) is 24.3 Å². The van der Waals surface area contributed by atoms with E-state index in [2.05, 4.69) is 10.6 Å². The van der Waals surface area contributed by atoms with Gasteiger partial charge in [0.2, 0.25) is 5.91 Å². The number of benzene rings is 2. The molecule has 0 saturated carbocycles. The van der Waals surface area contributed by atoms with Gasteiger partial charge >= 0.3 is 0 Å². The van der Waals surface area contributed by atoms with Crippen molar-refractivity contribution in [2.75, 3.05) is 19.0 Å². The predicted molar refractivity (Wildman–Crippen MR) is 104 cm³/mol. The molecule has 0 saturated heterocycles. The smallest absolute Gasteiger partial charge is 0.255 e. The molecule has 27 heavy (non-hydrogen) atoms. The first-order chi connectivity index (χ1) is 12.5. The van der Waals surface area contributed by atoms with E-state index in [4.69, 9.17) is 10.5 Å². The standard InChI is InChI=1S/C19H22FN3O3.ClH/c1-26-17(11-21)10-18(24)22-12-13-2-4-14(5-3-13)19(25)23-16-8-6-15(20)7-9-16;/h2-9,17H,10-12,21H2,1H3,(H,22,24)(H,23,25);1H. The summed E-state index contributed by atoms with van der Waals surface area (Å²) < 4.78 is 17.9.